The van der Waals surface area contributed by atoms with Crippen LogP contribution in [0.5, 0.6) is 5.88 Å². The van der Waals surface area contributed by atoms with Crippen LogP contribution in [0.1, 0.15) is 73.8 Å². The molecule has 250 valence electrons. The lowest BCUT2D eigenvalue weighted by molar-refractivity contribution is -0.137. The maximum Gasteiger partial charge on any atom is 0.418 e. The van der Waals surface area contributed by atoms with Gasteiger partial charge in [0.05, 0.1) is 40.9 Å². The van der Waals surface area contributed by atoms with E-state index < -0.39 is 63.7 Å². The van der Waals surface area contributed by atoms with E-state index in [-0.39, 0.29) is 52.2 Å². The van der Waals surface area contributed by atoms with Crippen molar-refractivity contribution in [1.29, 1.82) is 5.26 Å². The van der Waals surface area contributed by atoms with Gasteiger partial charge in [-0.1, -0.05) is 13.3 Å². The number of nitriles is 1. The number of nitrogens with one attached hydrogen (secondary N) is 3. The molecule has 5 N–H and O–H groups in total. The third-order valence-corrected chi connectivity index (χ3v) is 9.32. The van der Waals surface area contributed by atoms with Gasteiger partial charge in [-0.2, -0.15) is 18.4 Å². The fourth-order valence-electron chi connectivity index (χ4n) is 7.00. The van der Waals surface area contributed by atoms with Gasteiger partial charge >= 0.3 is 6.18 Å². The number of fused-ring (bicyclic) bond motifs is 1. The highest BCUT2D eigenvalue weighted by atomic mass is 19.4. The van der Waals surface area contributed by atoms with Gasteiger partial charge in [-0.3, -0.25) is 4.79 Å². The Bertz CT molecular complexity index is 1820. The van der Waals surface area contributed by atoms with E-state index in [0.29, 0.717) is 19.4 Å². The lowest BCUT2D eigenvalue weighted by Gasteiger charge is -2.40. The van der Waals surface area contributed by atoms with Crippen molar-refractivity contribution in [2.24, 2.45) is 0 Å². The summed E-state index contributed by atoms with van der Waals surface area (Å²) in [6.45, 7) is 9.03. The molecular formula is C32H36F4N8O3. The first kappa shape index (κ1) is 32.6. The zero-order valence-electron chi connectivity index (χ0n) is 26.7. The Kier molecular flexibility index (Phi) is 7.95. The van der Waals surface area contributed by atoms with Crippen molar-refractivity contribution in [1.82, 2.24) is 25.6 Å². The van der Waals surface area contributed by atoms with Crippen LogP contribution in [0.15, 0.2) is 6.07 Å². The number of carbonyl (C=O) groups excluding carboxylic acids is 1. The van der Waals surface area contributed by atoms with Crippen molar-refractivity contribution in [3.05, 3.63) is 34.4 Å². The van der Waals surface area contributed by atoms with Crippen molar-refractivity contribution >= 4 is 28.3 Å². The van der Waals surface area contributed by atoms with Crippen LogP contribution in [-0.4, -0.2) is 63.3 Å². The molecule has 0 aromatic carbocycles. The number of ether oxygens (including phenoxy) is 2. The van der Waals surface area contributed by atoms with E-state index in [1.54, 1.807) is 6.92 Å². The summed E-state index contributed by atoms with van der Waals surface area (Å²) in [5, 5.41) is 19.1. The van der Waals surface area contributed by atoms with Crippen molar-refractivity contribution in [3.8, 4) is 23.2 Å². The molecule has 2 bridgehead atoms. The van der Waals surface area contributed by atoms with Crippen LogP contribution < -0.4 is 26.4 Å². The summed E-state index contributed by atoms with van der Waals surface area (Å²) < 4.78 is 71.9. The first-order valence-electron chi connectivity index (χ1n) is 15.5. The molecule has 11 nitrogen and oxygen atoms in total. The fraction of sp³-hybridized carbons (Fsp3) is 0.531. The number of alkyl halides is 3. The van der Waals surface area contributed by atoms with E-state index in [4.69, 9.17) is 15.2 Å². The highest BCUT2D eigenvalue weighted by Gasteiger charge is 2.64. The molecule has 1 amide bonds. The summed E-state index contributed by atoms with van der Waals surface area (Å²) in [4.78, 5) is 26.6. The van der Waals surface area contributed by atoms with E-state index in [9.17, 15) is 23.2 Å². The minimum Gasteiger partial charge on any atom is -0.472 e. The second kappa shape index (κ2) is 11.4. The largest absolute Gasteiger partial charge is 0.472 e. The van der Waals surface area contributed by atoms with Crippen LogP contribution in [0.2, 0.25) is 0 Å². The van der Waals surface area contributed by atoms with Gasteiger partial charge in [0, 0.05) is 36.4 Å². The van der Waals surface area contributed by atoms with Gasteiger partial charge in [0.25, 0.3) is 5.91 Å². The number of anilines is 2. The average molecular weight is 657 g/mol. The van der Waals surface area contributed by atoms with Gasteiger partial charge in [-0.25, -0.2) is 19.3 Å². The number of aromatic nitrogens is 3. The van der Waals surface area contributed by atoms with Crippen molar-refractivity contribution < 1.29 is 31.8 Å². The SMILES string of the molecule is CCCC(C)NC[C@@H]1Nc2nc(C(=O)NC34COC(C#N)(C3)C4)c(C)c3c(F)c(-c4cc(N)nc(C)c4C(F)(F)F)nc(c23)OC1C. The van der Waals surface area contributed by atoms with Crippen LogP contribution in [0.25, 0.3) is 22.0 Å². The summed E-state index contributed by atoms with van der Waals surface area (Å²) in [5.41, 5.74) is 1.18. The summed E-state index contributed by atoms with van der Waals surface area (Å²) in [6, 6.07) is 2.80. The molecular weight excluding hydrogens is 620 g/mol. The molecule has 3 aliphatic heterocycles. The predicted molar refractivity (Wildman–Crippen MR) is 165 cm³/mol. The number of nitrogen functional groups attached to an aromatic ring is 1. The van der Waals surface area contributed by atoms with Gasteiger partial charge < -0.3 is 31.2 Å². The number of nitrogens with two attached hydrogens (primary N) is 1. The molecule has 1 aliphatic carbocycles. The summed E-state index contributed by atoms with van der Waals surface area (Å²) in [5.74, 6) is -2.03. The smallest absolute Gasteiger partial charge is 0.418 e. The van der Waals surface area contributed by atoms with Crippen LogP contribution in [0, 0.1) is 31.0 Å². The molecule has 2 unspecified atom stereocenters. The predicted octanol–water partition coefficient (Wildman–Crippen LogP) is 4.94. The third-order valence-electron chi connectivity index (χ3n) is 9.32. The first-order chi connectivity index (χ1) is 22.1. The average Bonchev–Trinajstić information content (AvgIpc) is 3.47. The van der Waals surface area contributed by atoms with E-state index in [0.717, 1.165) is 25.8 Å². The molecule has 6 heterocycles. The maximum absolute atomic E-state index is 16.9. The monoisotopic (exact) mass is 656 g/mol. The summed E-state index contributed by atoms with van der Waals surface area (Å²) in [7, 11) is 0. The highest BCUT2D eigenvalue weighted by molar-refractivity contribution is 6.06. The van der Waals surface area contributed by atoms with E-state index >= 15 is 4.39 Å². The van der Waals surface area contributed by atoms with E-state index in [1.807, 2.05) is 6.92 Å². The number of amides is 1. The highest BCUT2D eigenvalue weighted by Crippen LogP contribution is 2.51. The maximum atomic E-state index is 16.9. The minimum atomic E-state index is -4.91. The topological polar surface area (TPSA) is 160 Å². The van der Waals surface area contributed by atoms with Gasteiger partial charge in [0.15, 0.2) is 11.4 Å². The lowest BCUT2D eigenvalue weighted by atomic mass is 9.69. The number of halogens is 4. The summed E-state index contributed by atoms with van der Waals surface area (Å²) in [6.07, 6.45) is -3.03. The van der Waals surface area contributed by atoms with Crippen molar-refractivity contribution in [2.45, 2.75) is 95.8 Å². The standard InChI is InChI=1S/C32H36F4N8O3/c1-6-7-14(2)39-9-19-17(5)47-29-22-21(24(33)26(43-29)18-8-20(38)40-16(4)23(18)32(34,35)36)15(3)25(42-27(22)41-19)28(45)44-30-10-31(11-30,12-37)46-13-30/h8,14,17,19,39H,6-7,9-11,13H2,1-5H3,(H2,38,40)(H,41,42)(H,44,45)/t14?,17?,19-,30?,31?/m0/s1. The van der Waals surface area contributed by atoms with Crippen molar-refractivity contribution in [2.75, 3.05) is 24.2 Å². The Balaban J connectivity index is 1.53. The van der Waals surface area contributed by atoms with Crippen molar-refractivity contribution in [3.63, 3.8) is 0 Å². The number of hydrogen-bond donors (Lipinski definition) is 4. The molecule has 4 aliphatic rings. The Morgan fingerprint density at radius 2 is 1.98 bits per heavy atom. The number of nitrogens with zero attached hydrogens (tertiary/aromatic N) is 4. The number of rotatable bonds is 8. The zero-order valence-corrected chi connectivity index (χ0v) is 26.7. The molecule has 0 spiro atoms. The molecule has 3 atom stereocenters. The van der Waals surface area contributed by atoms with Crippen LogP contribution >= 0.6 is 0 Å². The van der Waals surface area contributed by atoms with Gasteiger partial charge in [-0.15, -0.1) is 0 Å². The van der Waals surface area contributed by atoms with Gasteiger partial charge in [0.1, 0.15) is 29.1 Å². The third kappa shape index (κ3) is 5.57. The lowest BCUT2D eigenvalue weighted by Crippen LogP contribution is -2.59. The Morgan fingerprint density at radius 3 is 2.62 bits per heavy atom. The Morgan fingerprint density at radius 1 is 1.26 bits per heavy atom. The van der Waals surface area contributed by atoms with Crippen LogP contribution in [0.3, 0.4) is 0 Å². The number of carbonyl (C=O) groups is 1. The molecule has 7 rings (SSSR count). The Labute approximate surface area is 268 Å². The Hall–Kier alpha value is -4.29. The van der Waals surface area contributed by atoms with Gasteiger partial charge in [-0.05, 0) is 45.7 Å². The fourth-order valence-corrected chi connectivity index (χ4v) is 7.00. The first-order valence-corrected chi connectivity index (χ1v) is 15.5. The molecule has 47 heavy (non-hydrogen) atoms. The second-order valence-corrected chi connectivity index (χ2v) is 13.0. The molecule has 0 radical (unpaired) electrons. The quantitative estimate of drug-likeness (QED) is 0.245. The molecule has 2 saturated heterocycles. The van der Waals surface area contributed by atoms with E-state index in [2.05, 4.69) is 43.9 Å². The van der Waals surface area contributed by atoms with Gasteiger partial charge in [0.2, 0.25) is 5.88 Å². The number of aryl methyl sites for hydroxylation is 2. The molecule has 1 saturated carbocycles. The molecule has 3 aromatic heterocycles. The van der Waals surface area contributed by atoms with Crippen LogP contribution in [-0.2, 0) is 10.9 Å². The minimum absolute atomic E-state index is 0.0725. The number of pyridine rings is 3. The number of hydrogen-bond acceptors (Lipinski definition) is 10. The second-order valence-electron chi connectivity index (χ2n) is 13.0. The zero-order chi connectivity index (χ0) is 34.1. The molecule has 3 fully saturated rings. The molecule has 15 heteroatoms. The van der Waals surface area contributed by atoms with E-state index in [1.165, 1.54) is 6.92 Å². The van der Waals surface area contributed by atoms with Crippen LogP contribution in [0.4, 0.5) is 29.2 Å². The summed E-state index contributed by atoms with van der Waals surface area (Å²) >= 11 is 0. The normalized spacial score (nSPS) is 25.3. The molecule has 3 aromatic rings.